The highest BCUT2D eigenvalue weighted by atomic mass is 19.4. The maximum absolute atomic E-state index is 12.8. The normalized spacial score (nSPS) is 12.7. The lowest BCUT2D eigenvalue weighted by Crippen LogP contribution is -2.33. The van der Waals surface area contributed by atoms with Gasteiger partial charge in [0.15, 0.2) is 5.92 Å². The number of aromatic amines is 1. The first-order valence-electron chi connectivity index (χ1n) is 7.25. The molecule has 2 aromatic rings. The van der Waals surface area contributed by atoms with Crippen molar-refractivity contribution in [3.63, 3.8) is 0 Å². The van der Waals surface area contributed by atoms with Gasteiger partial charge in [-0.15, -0.1) is 0 Å². The number of ether oxygens (including phenoxy) is 2. The average molecular weight is 355 g/mol. The number of carbonyl (C=O) groups is 2. The van der Waals surface area contributed by atoms with Gasteiger partial charge in [-0.05, 0) is 29.8 Å². The number of halogens is 3. The molecule has 0 aliphatic carbocycles. The summed E-state index contributed by atoms with van der Waals surface area (Å²) in [7, 11) is 2.24. The van der Waals surface area contributed by atoms with Gasteiger partial charge in [-0.1, -0.05) is 12.1 Å². The number of nitrogens with one attached hydrogen (secondary N) is 1. The molecule has 134 valence electrons. The van der Waals surface area contributed by atoms with Crippen molar-refractivity contribution in [2.75, 3.05) is 14.2 Å². The smallest absolute Gasteiger partial charge is 0.416 e. The Hall–Kier alpha value is -2.77. The van der Waals surface area contributed by atoms with Crippen LogP contribution in [0.4, 0.5) is 13.2 Å². The van der Waals surface area contributed by atoms with Crippen molar-refractivity contribution in [2.24, 2.45) is 5.92 Å². The highest BCUT2D eigenvalue weighted by Crippen LogP contribution is 2.35. The Kier molecular flexibility index (Phi) is 5.51. The van der Waals surface area contributed by atoms with E-state index in [0.29, 0.717) is 11.3 Å². The zero-order valence-corrected chi connectivity index (χ0v) is 13.5. The van der Waals surface area contributed by atoms with E-state index >= 15 is 0 Å². The number of methoxy groups -OCH3 is 2. The molecule has 1 aromatic heterocycles. The Bertz CT molecular complexity index is 707. The lowest BCUT2D eigenvalue weighted by Gasteiger charge is -2.23. The molecule has 0 bridgehead atoms. The van der Waals surface area contributed by atoms with Crippen molar-refractivity contribution in [3.05, 3.63) is 59.4 Å². The summed E-state index contributed by atoms with van der Waals surface area (Å²) in [4.78, 5) is 27.1. The maximum atomic E-state index is 12.8. The Morgan fingerprint density at radius 1 is 1.00 bits per heavy atom. The fourth-order valence-electron chi connectivity index (χ4n) is 2.59. The number of aromatic nitrogens is 1. The highest BCUT2D eigenvalue weighted by molar-refractivity contribution is 5.96. The molecule has 1 N–H and O–H groups in total. The third-order valence-corrected chi connectivity index (χ3v) is 3.80. The standard InChI is InChI=1S/C17H16F3NO4/c1-24-15(22)14(16(23)25-2)13(12-4-3-9-21-12)10-5-7-11(8-6-10)17(18,19)20/h3-9,13-14,21H,1-2H3. The zero-order chi connectivity index (χ0) is 18.6. The van der Waals surface area contributed by atoms with Gasteiger partial charge in [0.25, 0.3) is 0 Å². The summed E-state index contributed by atoms with van der Waals surface area (Å²) in [5, 5.41) is 0. The molecule has 1 aromatic carbocycles. The van der Waals surface area contributed by atoms with Crippen LogP contribution in [0.5, 0.6) is 0 Å². The third kappa shape index (κ3) is 4.01. The van der Waals surface area contributed by atoms with E-state index in [2.05, 4.69) is 14.5 Å². The number of H-pyrrole nitrogens is 1. The molecule has 0 amide bonds. The van der Waals surface area contributed by atoms with Gasteiger partial charge < -0.3 is 14.5 Å². The van der Waals surface area contributed by atoms with Gasteiger partial charge in [-0.25, -0.2) is 0 Å². The highest BCUT2D eigenvalue weighted by Gasteiger charge is 2.40. The number of rotatable bonds is 5. The number of esters is 2. The zero-order valence-electron chi connectivity index (χ0n) is 13.5. The van der Waals surface area contributed by atoms with Gasteiger partial charge in [0.05, 0.1) is 19.8 Å². The second-order valence-corrected chi connectivity index (χ2v) is 5.25. The lowest BCUT2D eigenvalue weighted by atomic mass is 9.83. The summed E-state index contributed by atoms with van der Waals surface area (Å²) in [6.07, 6.45) is -2.90. The Labute approximate surface area is 141 Å². The predicted octanol–water partition coefficient (Wildman–Crippen LogP) is 3.13. The number of hydrogen-bond donors (Lipinski definition) is 1. The minimum absolute atomic E-state index is 0.344. The quantitative estimate of drug-likeness (QED) is 0.661. The van der Waals surface area contributed by atoms with Crippen LogP contribution in [0.1, 0.15) is 22.7 Å². The molecule has 0 radical (unpaired) electrons. The van der Waals surface area contributed by atoms with Crippen LogP contribution >= 0.6 is 0 Å². The SMILES string of the molecule is COC(=O)C(C(=O)OC)C(c1ccc(C(F)(F)F)cc1)c1ccc[nH]1. The number of benzene rings is 1. The summed E-state index contributed by atoms with van der Waals surface area (Å²) in [5.74, 6) is -3.92. The molecule has 0 saturated heterocycles. The van der Waals surface area contributed by atoms with Crippen LogP contribution < -0.4 is 0 Å². The molecule has 25 heavy (non-hydrogen) atoms. The predicted molar refractivity (Wildman–Crippen MR) is 81.6 cm³/mol. The van der Waals surface area contributed by atoms with Crippen molar-refractivity contribution < 1.29 is 32.2 Å². The number of carbonyl (C=O) groups excluding carboxylic acids is 2. The van der Waals surface area contributed by atoms with Gasteiger partial charge in [-0.3, -0.25) is 9.59 Å². The minimum atomic E-state index is -4.48. The fraction of sp³-hybridized carbons (Fsp3) is 0.294. The average Bonchev–Trinajstić information content (AvgIpc) is 3.11. The molecule has 1 unspecified atom stereocenters. The molecule has 0 aliphatic heterocycles. The first-order chi connectivity index (χ1) is 11.8. The van der Waals surface area contributed by atoms with Crippen LogP contribution in [0.25, 0.3) is 0 Å². The monoisotopic (exact) mass is 355 g/mol. The van der Waals surface area contributed by atoms with E-state index < -0.39 is 35.5 Å². The summed E-state index contributed by atoms with van der Waals surface area (Å²) in [6.45, 7) is 0. The maximum Gasteiger partial charge on any atom is 0.416 e. The van der Waals surface area contributed by atoms with Crippen molar-refractivity contribution in [3.8, 4) is 0 Å². The van der Waals surface area contributed by atoms with Crippen molar-refractivity contribution >= 4 is 11.9 Å². The molecule has 0 aliphatic rings. The van der Waals surface area contributed by atoms with Gasteiger partial charge in [0, 0.05) is 17.8 Å². The van der Waals surface area contributed by atoms with Crippen LogP contribution in [-0.4, -0.2) is 31.1 Å². The molecule has 2 rings (SSSR count). The van der Waals surface area contributed by atoms with Crippen molar-refractivity contribution in [1.29, 1.82) is 0 Å². The van der Waals surface area contributed by atoms with E-state index in [-0.39, 0.29) is 0 Å². The Morgan fingerprint density at radius 3 is 1.96 bits per heavy atom. The second-order valence-electron chi connectivity index (χ2n) is 5.25. The minimum Gasteiger partial charge on any atom is -0.468 e. The Balaban J connectivity index is 2.53. The Morgan fingerprint density at radius 2 is 1.56 bits per heavy atom. The van der Waals surface area contributed by atoms with Gasteiger partial charge in [0.1, 0.15) is 0 Å². The van der Waals surface area contributed by atoms with Crippen LogP contribution in [0.2, 0.25) is 0 Å². The van der Waals surface area contributed by atoms with Crippen molar-refractivity contribution in [2.45, 2.75) is 12.1 Å². The van der Waals surface area contributed by atoms with Gasteiger partial charge in [0.2, 0.25) is 0 Å². The molecule has 0 fully saturated rings. The molecule has 8 heteroatoms. The van der Waals surface area contributed by atoms with E-state index in [0.717, 1.165) is 26.4 Å². The summed E-state index contributed by atoms with van der Waals surface area (Å²) >= 11 is 0. The molecule has 1 heterocycles. The van der Waals surface area contributed by atoms with E-state index in [1.807, 2.05) is 0 Å². The third-order valence-electron chi connectivity index (χ3n) is 3.80. The van der Waals surface area contributed by atoms with Crippen molar-refractivity contribution in [1.82, 2.24) is 4.98 Å². The first-order valence-corrected chi connectivity index (χ1v) is 7.25. The summed E-state index contributed by atoms with van der Waals surface area (Å²) in [5.41, 5.74) is -0.00835. The molecule has 1 atom stereocenters. The molecular formula is C17H16F3NO4. The molecule has 0 spiro atoms. The topological polar surface area (TPSA) is 68.4 Å². The van der Waals surface area contributed by atoms with E-state index in [9.17, 15) is 22.8 Å². The van der Waals surface area contributed by atoms with E-state index in [1.165, 1.54) is 12.1 Å². The first kappa shape index (κ1) is 18.6. The number of hydrogen-bond acceptors (Lipinski definition) is 4. The van der Waals surface area contributed by atoms with Crippen LogP contribution in [-0.2, 0) is 25.2 Å². The summed E-state index contributed by atoms with van der Waals surface area (Å²) < 4.78 is 47.7. The van der Waals surface area contributed by atoms with Crippen LogP contribution in [0.15, 0.2) is 42.6 Å². The molecule has 0 saturated carbocycles. The molecular weight excluding hydrogens is 339 g/mol. The summed E-state index contributed by atoms with van der Waals surface area (Å²) in [6, 6.07) is 7.54. The van der Waals surface area contributed by atoms with Crippen LogP contribution in [0, 0.1) is 5.92 Å². The molecule has 5 nitrogen and oxygen atoms in total. The largest absolute Gasteiger partial charge is 0.468 e. The second kappa shape index (κ2) is 7.42. The lowest BCUT2D eigenvalue weighted by molar-refractivity contribution is -0.159. The van der Waals surface area contributed by atoms with Gasteiger partial charge >= 0.3 is 18.1 Å². The number of alkyl halides is 3. The fourth-order valence-corrected chi connectivity index (χ4v) is 2.59. The van der Waals surface area contributed by atoms with E-state index in [4.69, 9.17) is 0 Å². The van der Waals surface area contributed by atoms with E-state index in [1.54, 1.807) is 18.3 Å². The van der Waals surface area contributed by atoms with Gasteiger partial charge in [-0.2, -0.15) is 13.2 Å². The van der Waals surface area contributed by atoms with Crippen LogP contribution in [0.3, 0.4) is 0 Å².